The first-order valence-corrected chi connectivity index (χ1v) is 11.2. The number of benzene rings is 1. The number of hydrogen-bond donors (Lipinski definition) is 0. The van der Waals surface area contributed by atoms with Crippen molar-refractivity contribution in [3.8, 4) is 11.4 Å². The number of fused-ring (bicyclic) bond motifs is 2. The molecule has 2 saturated heterocycles. The van der Waals surface area contributed by atoms with Gasteiger partial charge in [0.1, 0.15) is 5.60 Å². The molecule has 4 heterocycles. The monoisotopic (exact) mass is 420 g/mol. The van der Waals surface area contributed by atoms with Gasteiger partial charge in [0.15, 0.2) is 5.82 Å². The Kier molecular flexibility index (Phi) is 5.22. The largest absolute Gasteiger partial charge is 0.368 e. The van der Waals surface area contributed by atoms with Crippen molar-refractivity contribution in [1.82, 2.24) is 19.8 Å². The number of hydrogen-bond acceptors (Lipinski definition) is 5. The van der Waals surface area contributed by atoms with Gasteiger partial charge in [0.05, 0.1) is 18.2 Å². The van der Waals surface area contributed by atoms with Crippen molar-refractivity contribution < 1.29 is 14.3 Å². The molecule has 5 rings (SSSR count). The summed E-state index contributed by atoms with van der Waals surface area (Å²) in [6.07, 6.45) is 4.52. The van der Waals surface area contributed by atoms with Crippen molar-refractivity contribution in [2.75, 3.05) is 32.8 Å². The van der Waals surface area contributed by atoms with Gasteiger partial charge in [0.2, 0.25) is 11.8 Å². The summed E-state index contributed by atoms with van der Waals surface area (Å²) in [5, 5.41) is 0. The Morgan fingerprint density at radius 2 is 2.00 bits per heavy atom. The van der Waals surface area contributed by atoms with E-state index < -0.39 is 5.60 Å². The molecule has 2 fully saturated rings. The number of rotatable bonds is 3. The van der Waals surface area contributed by atoms with Crippen molar-refractivity contribution in [3.63, 3.8) is 0 Å². The first-order chi connectivity index (χ1) is 15.1. The molecule has 0 radical (unpaired) electrons. The molecule has 1 atom stereocenters. The fraction of sp³-hybridized carbons (Fsp3) is 0.500. The van der Waals surface area contributed by atoms with Crippen LogP contribution in [0.5, 0.6) is 0 Å². The third kappa shape index (κ3) is 3.61. The SMILES string of the molecule is CCN1CC(C(=O)N2CCC3(CC2)OCCc2cnc(-c4ccccc4)nc23)CC1=O. The zero-order valence-electron chi connectivity index (χ0n) is 17.9. The molecule has 31 heavy (non-hydrogen) atoms. The standard InChI is InChI=1S/C24H28N4O3/c1-2-27-16-19(14-20(27)29)23(30)28-11-9-24(10-12-28)21-18(8-13-31-24)15-25-22(26-21)17-6-4-3-5-7-17/h3-7,15,19H,2,8-14,16H2,1H3. The minimum Gasteiger partial charge on any atom is -0.368 e. The summed E-state index contributed by atoms with van der Waals surface area (Å²) < 4.78 is 6.34. The van der Waals surface area contributed by atoms with Crippen molar-refractivity contribution in [2.45, 2.75) is 38.2 Å². The number of amides is 2. The van der Waals surface area contributed by atoms with Crippen LogP contribution in [-0.2, 0) is 26.3 Å². The molecular formula is C24H28N4O3. The highest BCUT2D eigenvalue weighted by Crippen LogP contribution is 2.41. The van der Waals surface area contributed by atoms with Gasteiger partial charge in [-0.25, -0.2) is 9.97 Å². The van der Waals surface area contributed by atoms with E-state index in [-0.39, 0.29) is 17.7 Å². The molecule has 1 aromatic heterocycles. The van der Waals surface area contributed by atoms with Gasteiger partial charge in [0.25, 0.3) is 0 Å². The van der Waals surface area contributed by atoms with E-state index in [1.807, 2.05) is 48.4 Å². The molecule has 2 aromatic rings. The van der Waals surface area contributed by atoms with Crippen LogP contribution in [0, 0.1) is 5.92 Å². The van der Waals surface area contributed by atoms with Crippen LogP contribution >= 0.6 is 0 Å². The summed E-state index contributed by atoms with van der Waals surface area (Å²) in [4.78, 5) is 38.3. The lowest BCUT2D eigenvalue weighted by molar-refractivity contribution is -0.145. The first-order valence-electron chi connectivity index (χ1n) is 11.2. The molecule has 7 heteroatoms. The minimum atomic E-state index is -0.461. The van der Waals surface area contributed by atoms with Gasteiger partial charge in [-0.05, 0) is 31.7 Å². The van der Waals surface area contributed by atoms with Crippen LogP contribution < -0.4 is 0 Å². The molecule has 0 aliphatic carbocycles. The molecule has 0 saturated carbocycles. The van der Waals surface area contributed by atoms with Crippen LogP contribution in [0.25, 0.3) is 11.4 Å². The Hall–Kier alpha value is -2.80. The van der Waals surface area contributed by atoms with E-state index in [4.69, 9.17) is 9.72 Å². The summed E-state index contributed by atoms with van der Waals surface area (Å²) in [7, 11) is 0. The number of piperidine rings is 1. The van der Waals surface area contributed by atoms with E-state index >= 15 is 0 Å². The Morgan fingerprint density at radius 1 is 1.23 bits per heavy atom. The van der Waals surface area contributed by atoms with Crippen LogP contribution in [-0.4, -0.2) is 64.4 Å². The van der Waals surface area contributed by atoms with Gasteiger partial charge in [-0.1, -0.05) is 30.3 Å². The third-order valence-electron chi connectivity index (χ3n) is 6.91. The zero-order valence-corrected chi connectivity index (χ0v) is 17.9. The van der Waals surface area contributed by atoms with Crippen LogP contribution in [0.4, 0.5) is 0 Å². The predicted octanol–water partition coefficient (Wildman–Crippen LogP) is 2.40. The second-order valence-electron chi connectivity index (χ2n) is 8.68. The van der Waals surface area contributed by atoms with Gasteiger partial charge in [0, 0.05) is 44.4 Å². The molecule has 0 N–H and O–H groups in total. The van der Waals surface area contributed by atoms with E-state index in [9.17, 15) is 9.59 Å². The zero-order chi connectivity index (χ0) is 21.4. The summed E-state index contributed by atoms with van der Waals surface area (Å²) in [6.45, 7) is 5.07. The normalized spacial score (nSPS) is 22.6. The van der Waals surface area contributed by atoms with Crippen molar-refractivity contribution in [1.29, 1.82) is 0 Å². The molecule has 1 spiro atoms. The Bertz CT molecular complexity index is 986. The molecular weight excluding hydrogens is 392 g/mol. The van der Waals surface area contributed by atoms with E-state index in [2.05, 4.69) is 4.98 Å². The number of likely N-dealkylation sites (tertiary alicyclic amines) is 2. The second-order valence-corrected chi connectivity index (χ2v) is 8.68. The van der Waals surface area contributed by atoms with Crippen LogP contribution in [0.2, 0.25) is 0 Å². The average Bonchev–Trinajstić information content (AvgIpc) is 3.20. The highest BCUT2D eigenvalue weighted by molar-refractivity contribution is 5.89. The van der Waals surface area contributed by atoms with E-state index in [1.54, 1.807) is 4.90 Å². The topological polar surface area (TPSA) is 75.6 Å². The lowest BCUT2D eigenvalue weighted by atomic mass is 9.83. The lowest BCUT2D eigenvalue weighted by Gasteiger charge is -2.44. The molecule has 162 valence electrons. The number of nitrogens with zero attached hydrogens (tertiary/aromatic N) is 4. The fourth-order valence-corrected chi connectivity index (χ4v) is 5.11. The third-order valence-corrected chi connectivity index (χ3v) is 6.91. The van der Waals surface area contributed by atoms with Crippen LogP contribution in [0.15, 0.2) is 36.5 Å². The number of aromatic nitrogens is 2. The van der Waals surface area contributed by atoms with Crippen molar-refractivity contribution in [3.05, 3.63) is 47.8 Å². The van der Waals surface area contributed by atoms with Crippen molar-refractivity contribution >= 4 is 11.8 Å². The minimum absolute atomic E-state index is 0.0870. The maximum atomic E-state index is 13.0. The quantitative estimate of drug-likeness (QED) is 0.762. The summed E-state index contributed by atoms with van der Waals surface area (Å²) in [5.41, 5.74) is 2.65. The maximum absolute atomic E-state index is 13.0. The highest BCUT2D eigenvalue weighted by Gasteiger charge is 2.45. The summed E-state index contributed by atoms with van der Waals surface area (Å²) >= 11 is 0. The molecule has 7 nitrogen and oxygen atoms in total. The Labute approximate surface area is 182 Å². The summed E-state index contributed by atoms with van der Waals surface area (Å²) in [5.74, 6) is 0.687. The van der Waals surface area contributed by atoms with Gasteiger partial charge in [-0.2, -0.15) is 0 Å². The van der Waals surface area contributed by atoms with Gasteiger partial charge in [-0.15, -0.1) is 0 Å². The van der Waals surface area contributed by atoms with Crippen molar-refractivity contribution in [2.24, 2.45) is 5.92 Å². The molecule has 1 unspecified atom stereocenters. The number of ether oxygens (including phenoxy) is 1. The molecule has 2 amide bonds. The van der Waals surface area contributed by atoms with Gasteiger partial charge < -0.3 is 14.5 Å². The molecule has 1 aromatic carbocycles. The predicted molar refractivity (Wildman–Crippen MR) is 115 cm³/mol. The summed E-state index contributed by atoms with van der Waals surface area (Å²) in [6, 6.07) is 9.99. The Morgan fingerprint density at radius 3 is 2.71 bits per heavy atom. The van der Waals surface area contributed by atoms with Gasteiger partial charge in [-0.3, -0.25) is 9.59 Å². The van der Waals surface area contributed by atoms with Gasteiger partial charge >= 0.3 is 0 Å². The molecule has 0 bridgehead atoms. The lowest BCUT2D eigenvalue weighted by Crippen LogP contribution is -2.50. The second kappa shape index (κ2) is 8.04. The van der Waals surface area contributed by atoms with E-state index in [1.165, 1.54) is 0 Å². The van der Waals surface area contributed by atoms with E-state index in [0.29, 0.717) is 45.0 Å². The average molecular weight is 421 g/mol. The van der Waals surface area contributed by atoms with Crippen LogP contribution in [0.3, 0.4) is 0 Å². The van der Waals surface area contributed by atoms with Crippen LogP contribution in [0.1, 0.15) is 37.4 Å². The number of carbonyl (C=O) groups is 2. The number of carbonyl (C=O) groups excluding carboxylic acids is 2. The Balaban J connectivity index is 1.34. The molecule has 3 aliphatic heterocycles. The smallest absolute Gasteiger partial charge is 0.227 e. The fourth-order valence-electron chi connectivity index (χ4n) is 5.11. The first kappa shape index (κ1) is 20.1. The maximum Gasteiger partial charge on any atom is 0.227 e. The molecule has 3 aliphatic rings. The highest BCUT2D eigenvalue weighted by atomic mass is 16.5. The van der Waals surface area contributed by atoms with E-state index in [0.717, 1.165) is 36.1 Å².